The Labute approximate surface area is 90.9 Å². The Morgan fingerprint density at radius 1 is 1.47 bits per heavy atom. The van der Waals surface area contributed by atoms with E-state index in [0.717, 1.165) is 12.8 Å². The SMILES string of the molecule is C[C@@H]1CC[C@@H](O)CN1CC(C)(C)C(=O)O. The predicted octanol–water partition coefficient (Wildman–Crippen LogP) is 0.942. The largest absolute Gasteiger partial charge is 0.481 e. The van der Waals surface area contributed by atoms with Gasteiger partial charge in [-0.3, -0.25) is 9.69 Å². The molecule has 1 saturated heterocycles. The van der Waals surface area contributed by atoms with E-state index in [1.54, 1.807) is 13.8 Å². The fourth-order valence-electron chi connectivity index (χ4n) is 1.95. The van der Waals surface area contributed by atoms with Crippen LogP contribution >= 0.6 is 0 Å². The number of carbonyl (C=O) groups is 1. The average Bonchev–Trinajstić information content (AvgIpc) is 2.10. The topological polar surface area (TPSA) is 60.8 Å². The average molecular weight is 215 g/mol. The predicted molar refractivity (Wildman–Crippen MR) is 57.7 cm³/mol. The minimum Gasteiger partial charge on any atom is -0.481 e. The zero-order valence-corrected chi connectivity index (χ0v) is 9.73. The molecule has 0 aromatic rings. The third-order valence-corrected chi connectivity index (χ3v) is 3.16. The number of aliphatic hydroxyl groups excluding tert-OH is 1. The first-order valence-electron chi connectivity index (χ1n) is 5.48. The molecule has 1 aliphatic rings. The minimum atomic E-state index is -0.783. The molecule has 0 aromatic heterocycles. The molecule has 0 aromatic carbocycles. The quantitative estimate of drug-likeness (QED) is 0.735. The Morgan fingerprint density at radius 2 is 2.07 bits per heavy atom. The minimum absolute atomic E-state index is 0.300. The Bertz CT molecular complexity index is 240. The summed E-state index contributed by atoms with van der Waals surface area (Å²) < 4.78 is 0. The fraction of sp³-hybridized carbons (Fsp3) is 0.909. The van der Waals surface area contributed by atoms with Crippen molar-refractivity contribution in [2.45, 2.75) is 45.8 Å². The van der Waals surface area contributed by atoms with Crippen molar-refractivity contribution in [3.8, 4) is 0 Å². The van der Waals surface area contributed by atoms with Crippen LogP contribution < -0.4 is 0 Å². The van der Waals surface area contributed by atoms with E-state index >= 15 is 0 Å². The molecule has 4 heteroatoms. The summed E-state index contributed by atoms with van der Waals surface area (Å²) >= 11 is 0. The van der Waals surface area contributed by atoms with Crippen LogP contribution in [0.5, 0.6) is 0 Å². The van der Waals surface area contributed by atoms with Gasteiger partial charge in [-0.2, -0.15) is 0 Å². The number of carboxylic acid groups (broad SMARTS) is 1. The lowest BCUT2D eigenvalue weighted by Gasteiger charge is -2.39. The Kier molecular flexibility index (Phi) is 3.73. The maximum atomic E-state index is 11.0. The van der Waals surface area contributed by atoms with Gasteiger partial charge in [-0.05, 0) is 33.6 Å². The number of aliphatic hydroxyl groups is 1. The number of likely N-dealkylation sites (tertiary alicyclic amines) is 1. The molecule has 1 rings (SSSR count). The van der Waals surface area contributed by atoms with Gasteiger partial charge in [-0.1, -0.05) is 0 Å². The highest BCUT2D eigenvalue weighted by atomic mass is 16.4. The van der Waals surface area contributed by atoms with Crippen LogP contribution in [0.3, 0.4) is 0 Å². The van der Waals surface area contributed by atoms with Gasteiger partial charge in [-0.15, -0.1) is 0 Å². The van der Waals surface area contributed by atoms with Crippen molar-refractivity contribution in [2.24, 2.45) is 5.41 Å². The summed E-state index contributed by atoms with van der Waals surface area (Å²) in [5, 5.41) is 18.6. The van der Waals surface area contributed by atoms with Gasteiger partial charge in [0.05, 0.1) is 11.5 Å². The molecule has 0 saturated carbocycles. The van der Waals surface area contributed by atoms with Gasteiger partial charge in [-0.25, -0.2) is 0 Å². The molecule has 1 fully saturated rings. The highest BCUT2D eigenvalue weighted by Gasteiger charge is 2.33. The molecule has 0 unspecified atom stereocenters. The van der Waals surface area contributed by atoms with Gasteiger partial charge in [0.25, 0.3) is 0 Å². The number of carboxylic acids is 1. The van der Waals surface area contributed by atoms with Crippen LogP contribution in [0.1, 0.15) is 33.6 Å². The summed E-state index contributed by atoms with van der Waals surface area (Å²) in [5.41, 5.74) is -0.745. The number of hydrogen-bond donors (Lipinski definition) is 2. The molecule has 0 spiro atoms. The van der Waals surface area contributed by atoms with Crippen molar-refractivity contribution >= 4 is 5.97 Å². The lowest BCUT2D eigenvalue weighted by Crippen LogP contribution is -2.49. The molecular weight excluding hydrogens is 194 g/mol. The van der Waals surface area contributed by atoms with Crippen LogP contribution in [0.4, 0.5) is 0 Å². The van der Waals surface area contributed by atoms with Crippen LogP contribution in [0.15, 0.2) is 0 Å². The van der Waals surface area contributed by atoms with Gasteiger partial charge in [0.2, 0.25) is 0 Å². The maximum absolute atomic E-state index is 11.0. The molecule has 88 valence electrons. The summed E-state index contributed by atoms with van der Waals surface area (Å²) in [4.78, 5) is 13.1. The number of nitrogens with zero attached hydrogens (tertiary/aromatic N) is 1. The third-order valence-electron chi connectivity index (χ3n) is 3.16. The highest BCUT2D eigenvalue weighted by Crippen LogP contribution is 2.23. The van der Waals surface area contributed by atoms with Crippen LogP contribution in [0.2, 0.25) is 0 Å². The molecule has 0 radical (unpaired) electrons. The van der Waals surface area contributed by atoms with Crippen LogP contribution in [0, 0.1) is 5.41 Å². The third kappa shape index (κ3) is 3.18. The summed E-state index contributed by atoms with van der Waals surface area (Å²) in [5.74, 6) is -0.783. The van der Waals surface area contributed by atoms with Gasteiger partial charge in [0.15, 0.2) is 0 Å². The number of aliphatic carboxylic acids is 1. The second kappa shape index (κ2) is 4.49. The molecular formula is C11H21NO3. The van der Waals surface area contributed by atoms with Gasteiger partial charge >= 0.3 is 5.97 Å². The Balaban J connectivity index is 2.59. The molecule has 1 aliphatic heterocycles. The monoisotopic (exact) mass is 215 g/mol. The van der Waals surface area contributed by atoms with Crippen molar-refractivity contribution in [1.82, 2.24) is 4.90 Å². The van der Waals surface area contributed by atoms with E-state index in [2.05, 4.69) is 11.8 Å². The van der Waals surface area contributed by atoms with E-state index in [9.17, 15) is 9.90 Å². The first-order valence-corrected chi connectivity index (χ1v) is 5.48. The molecule has 2 atom stereocenters. The standard InChI is InChI=1S/C11H21NO3/c1-8-4-5-9(13)6-12(8)7-11(2,3)10(14)15/h8-9,13H,4-7H2,1-3H3,(H,14,15)/t8-,9-/m1/s1. The van der Waals surface area contributed by atoms with Crippen molar-refractivity contribution in [1.29, 1.82) is 0 Å². The van der Waals surface area contributed by atoms with Crippen molar-refractivity contribution < 1.29 is 15.0 Å². The number of piperidine rings is 1. The summed E-state index contributed by atoms with van der Waals surface area (Å²) in [6.07, 6.45) is 1.47. The smallest absolute Gasteiger partial charge is 0.310 e. The van der Waals surface area contributed by atoms with Crippen LogP contribution in [-0.2, 0) is 4.79 Å². The maximum Gasteiger partial charge on any atom is 0.310 e. The van der Waals surface area contributed by atoms with E-state index in [1.165, 1.54) is 0 Å². The van der Waals surface area contributed by atoms with Crippen molar-refractivity contribution in [3.63, 3.8) is 0 Å². The zero-order chi connectivity index (χ0) is 11.6. The summed E-state index contributed by atoms with van der Waals surface area (Å²) in [6, 6.07) is 0.368. The zero-order valence-electron chi connectivity index (χ0n) is 9.73. The van der Waals surface area contributed by atoms with Crippen LogP contribution in [0.25, 0.3) is 0 Å². The van der Waals surface area contributed by atoms with Gasteiger partial charge < -0.3 is 10.2 Å². The summed E-state index contributed by atoms with van der Waals surface area (Å²) in [6.45, 7) is 6.63. The van der Waals surface area contributed by atoms with Crippen LogP contribution in [-0.4, -0.2) is 46.3 Å². The molecule has 1 heterocycles. The molecule has 0 amide bonds. The van der Waals surface area contributed by atoms with E-state index in [4.69, 9.17) is 5.11 Å². The second-order valence-electron chi connectivity index (χ2n) is 5.20. The van der Waals surface area contributed by atoms with E-state index in [0.29, 0.717) is 19.1 Å². The molecule has 4 nitrogen and oxygen atoms in total. The van der Waals surface area contributed by atoms with Gasteiger partial charge in [0, 0.05) is 19.1 Å². The second-order valence-corrected chi connectivity index (χ2v) is 5.20. The molecule has 2 N–H and O–H groups in total. The Hall–Kier alpha value is -0.610. The van der Waals surface area contributed by atoms with E-state index in [1.807, 2.05) is 0 Å². The number of β-amino-alcohol motifs (C(OH)–C–C–N with tert-alkyl or cyclic N) is 1. The number of rotatable bonds is 3. The Morgan fingerprint density at radius 3 is 2.60 bits per heavy atom. The van der Waals surface area contributed by atoms with E-state index in [-0.39, 0.29) is 6.10 Å². The highest BCUT2D eigenvalue weighted by molar-refractivity contribution is 5.73. The van der Waals surface area contributed by atoms with E-state index < -0.39 is 11.4 Å². The summed E-state index contributed by atoms with van der Waals surface area (Å²) in [7, 11) is 0. The first-order chi connectivity index (χ1) is 6.83. The molecule has 0 bridgehead atoms. The van der Waals surface area contributed by atoms with Crippen molar-refractivity contribution in [2.75, 3.05) is 13.1 Å². The lowest BCUT2D eigenvalue weighted by atomic mass is 9.90. The van der Waals surface area contributed by atoms with Gasteiger partial charge in [0.1, 0.15) is 0 Å². The molecule has 15 heavy (non-hydrogen) atoms. The normalized spacial score (nSPS) is 29.1. The molecule has 0 aliphatic carbocycles. The first kappa shape index (κ1) is 12.5. The number of hydrogen-bond acceptors (Lipinski definition) is 3. The lowest BCUT2D eigenvalue weighted by molar-refractivity contribution is -0.148. The fourth-order valence-corrected chi connectivity index (χ4v) is 1.95. The van der Waals surface area contributed by atoms with Crippen molar-refractivity contribution in [3.05, 3.63) is 0 Å².